The van der Waals surface area contributed by atoms with E-state index in [2.05, 4.69) is 0 Å². The van der Waals surface area contributed by atoms with Gasteiger partial charge in [-0.25, -0.2) is 4.79 Å². The molecule has 0 saturated carbocycles. The van der Waals surface area contributed by atoms with Crippen molar-refractivity contribution in [3.63, 3.8) is 0 Å². The summed E-state index contributed by atoms with van der Waals surface area (Å²) in [4.78, 5) is 24.0. The van der Waals surface area contributed by atoms with Crippen molar-refractivity contribution in [2.75, 3.05) is 11.9 Å². The maximum Gasteiger partial charge on any atom is 0.326 e. The number of hydrogen-bond acceptors (Lipinski definition) is 3. The van der Waals surface area contributed by atoms with Crippen LogP contribution in [0, 0.1) is 0 Å². The van der Waals surface area contributed by atoms with E-state index >= 15 is 0 Å². The molecule has 1 aromatic rings. The third-order valence-electron chi connectivity index (χ3n) is 2.74. The first-order valence-electron chi connectivity index (χ1n) is 5.43. The fourth-order valence-corrected chi connectivity index (χ4v) is 1.97. The lowest BCUT2D eigenvalue weighted by atomic mass is 10.1. The fraction of sp³-hybridized carbons (Fsp3) is 0.333. The molecule has 0 bridgehead atoms. The highest BCUT2D eigenvalue weighted by Crippen LogP contribution is 2.25. The number of rotatable bonds is 5. The summed E-state index contributed by atoms with van der Waals surface area (Å²) in [6, 6.07) is 3.90. The van der Waals surface area contributed by atoms with Gasteiger partial charge in [-0.1, -0.05) is 18.5 Å². The summed E-state index contributed by atoms with van der Waals surface area (Å²) < 4.78 is 0. The number of likely N-dealkylation sites (N-methyl/N-ethyl adjacent to an activating group) is 1. The molecule has 1 atom stereocenters. The Morgan fingerprint density at radius 1 is 1.50 bits per heavy atom. The lowest BCUT2D eigenvalue weighted by molar-refractivity contribution is -0.138. The molecule has 1 aromatic carbocycles. The summed E-state index contributed by atoms with van der Waals surface area (Å²) in [6.07, 6.45) is 0.409. The van der Waals surface area contributed by atoms with E-state index in [0.29, 0.717) is 17.1 Å². The molecule has 0 spiro atoms. The van der Waals surface area contributed by atoms with E-state index < -0.39 is 17.9 Å². The van der Waals surface area contributed by atoms with Crippen LogP contribution < -0.4 is 10.6 Å². The second-order valence-electron chi connectivity index (χ2n) is 3.90. The number of halogens is 1. The molecule has 1 amide bonds. The van der Waals surface area contributed by atoms with Crippen LogP contribution in [0.25, 0.3) is 0 Å². The quantitative estimate of drug-likeness (QED) is 0.854. The Morgan fingerprint density at radius 2 is 2.11 bits per heavy atom. The molecule has 0 aliphatic carbocycles. The molecule has 3 N–H and O–H groups in total. The molecule has 0 radical (unpaired) electrons. The standard InChI is InChI=1S/C12H15ClN2O3/c1-3-9(12(17)18)15(2)10-5-4-7(13)6-8(10)11(14)16/h4-6,9H,3H2,1-2H3,(H2,14,16)(H,17,18). The monoisotopic (exact) mass is 270 g/mol. The summed E-state index contributed by atoms with van der Waals surface area (Å²) in [5.41, 5.74) is 5.94. The van der Waals surface area contributed by atoms with Crippen LogP contribution in [-0.2, 0) is 4.79 Å². The Labute approximate surface area is 110 Å². The van der Waals surface area contributed by atoms with Crippen molar-refractivity contribution in [2.24, 2.45) is 5.73 Å². The number of nitrogens with zero attached hydrogens (tertiary/aromatic N) is 1. The number of carboxylic acids is 1. The van der Waals surface area contributed by atoms with Crippen molar-refractivity contribution in [1.82, 2.24) is 0 Å². The molecule has 1 unspecified atom stereocenters. The highest BCUT2D eigenvalue weighted by Gasteiger charge is 2.23. The maximum absolute atomic E-state index is 11.3. The van der Waals surface area contributed by atoms with Crippen LogP contribution in [0.3, 0.4) is 0 Å². The van der Waals surface area contributed by atoms with E-state index in [1.807, 2.05) is 0 Å². The van der Waals surface area contributed by atoms with Crippen molar-refractivity contribution in [3.05, 3.63) is 28.8 Å². The first-order chi connectivity index (χ1) is 8.38. The van der Waals surface area contributed by atoms with Crippen LogP contribution in [0.4, 0.5) is 5.69 Å². The van der Waals surface area contributed by atoms with Crippen LogP contribution in [0.2, 0.25) is 5.02 Å². The van der Waals surface area contributed by atoms with Gasteiger partial charge in [-0.3, -0.25) is 4.79 Å². The number of primary amides is 1. The van der Waals surface area contributed by atoms with Crippen molar-refractivity contribution >= 4 is 29.2 Å². The predicted molar refractivity (Wildman–Crippen MR) is 70.1 cm³/mol. The van der Waals surface area contributed by atoms with Gasteiger partial charge in [-0.2, -0.15) is 0 Å². The topological polar surface area (TPSA) is 83.6 Å². The van der Waals surface area contributed by atoms with Crippen LogP contribution in [-0.4, -0.2) is 30.1 Å². The van der Waals surface area contributed by atoms with Gasteiger partial charge in [0, 0.05) is 12.1 Å². The molecule has 0 fully saturated rings. The minimum Gasteiger partial charge on any atom is -0.480 e. The van der Waals surface area contributed by atoms with E-state index in [4.69, 9.17) is 22.4 Å². The zero-order chi connectivity index (χ0) is 13.9. The van der Waals surface area contributed by atoms with E-state index in [1.54, 1.807) is 26.1 Å². The highest BCUT2D eigenvalue weighted by molar-refractivity contribution is 6.31. The first kappa shape index (κ1) is 14.3. The van der Waals surface area contributed by atoms with Gasteiger partial charge in [0.25, 0.3) is 5.91 Å². The van der Waals surface area contributed by atoms with Gasteiger partial charge in [-0.15, -0.1) is 0 Å². The molecular formula is C12H15ClN2O3. The Bertz CT molecular complexity index is 476. The molecule has 0 aromatic heterocycles. The molecule has 0 aliphatic rings. The van der Waals surface area contributed by atoms with Gasteiger partial charge in [-0.05, 0) is 24.6 Å². The third-order valence-corrected chi connectivity index (χ3v) is 2.98. The van der Waals surface area contributed by atoms with Gasteiger partial charge in [0.15, 0.2) is 0 Å². The van der Waals surface area contributed by atoms with Crippen molar-refractivity contribution in [1.29, 1.82) is 0 Å². The Kier molecular flexibility index (Phi) is 4.55. The number of hydrogen-bond donors (Lipinski definition) is 2. The number of carboxylic acid groups (broad SMARTS) is 1. The Hall–Kier alpha value is -1.75. The van der Waals surface area contributed by atoms with Gasteiger partial charge in [0.2, 0.25) is 0 Å². The smallest absolute Gasteiger partial charge is 0.326 e. The van der Waals surface area contributed by atoms with Crippen molar-refractivity contribution in [2.45, 2.75) is 19.4 Å². The second kappa shape index (κ2) is 5.73. The second-order valence-corrected chi connectivity index (χ2v) is 4.34. The van der Waals surface area contributed by atoms with Crippen LogP contribution in [0.1, 0.15) is 23.7 Å². The third kappa shape index (κ3) is 2.92. The molecule has 6 heteroatoms. The summed E-state index contributed by atoms with van der Waals surface area (Å²) in [5, 5.41) is 9.48. The van der Waals surface area contributed by atoms with Gasteiger partial charge in [0.05, 0.1) is 11.3 Å². The molecular weight excluding hydrogens is 256 g/mol. The van der Waals surface area contributed by atoms with Crippen LogP contribution in [0.15, 0.2) is 18.2 Å². The number of carbonyl (C=O) groups excluding carboxylic acids is 1. The number of aliphatic carboxylic acids is 1. The van der Waals surface area contributed by atoms with Crippen molar-refractivity contribution < 1.29 is 14.7 Å². The first-order valence-corrected chi connectivity index (χ1v) is 5.81. The van der Waals surface area contributed by atoms with E-state index in [0.717, 1.165) is 0 Å². The SMILES string of the molecule is CCC(C(=O)O)N(C)c1ccc(Cl)cc1C(N)=O. The molecule has 0 heterocycles. The maximum atomic E-state index is 11.3. The Balaban J connectivity index is 3.23. The molecule has 1 rings (SSSR count). The van der Waals surface area contributed by atoms with Gasteiger partial charge < -0.3 is 15.7 Å². The molecule has 5 nitrogen and oxygen atoms in total. The summed E-state index contributed by atoms with van der Waals surface area (Å²) >= 11 is 5.80. The Morgan fingerprint density at radius 3 is 2.56 bits per heavy atom. The number of anilines is 1. The van der Waals surface area contributed by atoms with Gasteiger partial charge >= 0.3 is 5.97 Å². The largest absolute Gasteiger partial charge is 0.480 e. The summed E-state index contributed by atoms with van der Waals surface area (Å²) in [6.45, 7) is 1.76. The van der Waals surface area contributed by atoms with Crippen LogP contribution in [0.5, 0.6) is 0 Å². The summed E-state index contributed by atoms with van der Waals surface area (Å²) in [7, 11) is 1.61. The van der Waals surface area contributed by atoms with Gasteiger partial charge in [0.1, 0.15) is 6.04 Å². The zero-order valence-electron chi connectivity index (χ0n) is 10.2. The van der Waals surface area contributed by atoms with Crippen LogP contribution >= 0.6 is 11.6 Å². The highest BCUT2D eigenvalue weighted by atomic mass is 35.5. The normalized spacial score (nSPS) is 11.9. The lowest BCUT2D eigenvalue weighted by Crippen LogP contribution is -2.39. The molecule has 18 heavy (non-hydrogen) atoms. The molecule has 98 valence electrons. The fourth-order valence-electron chi connectivity index (χ4n) is 1.80. The average Bonchev–Trinajstić information content (AvgIpc) is 2.28. The van der Waals surface area contributed by atoms with E-state index in [-0.39, 0.29) is 5.56 Å². The predicted octanol–water partition coefficient (Wildman–Crippen LogP) is 1.74. The lowest BCUT2D eigenvalue weighted by Gasteiger charge is -2.27. The molecule has 0 saturated heterocycles. The minimum atomic E-state index is -0.953. The summed E-state index contributed by atoms with van der Waals surface area (Å²) in [5.74, 6) is -1.59. The number of benzene rings is 1. The van der Waals surface area contributed by atoms with Crippen molar-refractivity contribution in [3.8, 4) is 0 Å². The molecule has 0 aliphatic heterocycles. The minimum absolute atomic E-state index is 0.213. The number of nitrogens with two attached hydrogens (primary N) is 1. The number of amides is 1. The van der Waals surface area contributed by atoms with E-state index in [1.165, 1.54) is 11.0 Å². The number of carbonyl (C=O) groups is 2. The van der Waals surface area contributed by atoms with E-state index in [9.17, 15) is 9.59 Å². The average molecular weight is 271 g/mol. The zero-order valence-corrected chi connectivity index (χ0v) is 10.9.